The monoisotopic (exact) mass is 441 g/mol. The van der Waals surface area contributed by atoms with Crippen LogP contribution in [0.2, 0.25) is 0 Å². The van der Waals surface area contributed by atoms with E-state index in [0.717, 1.165) is 28.7 Å². The lowest BCUT2D eigenvalue weighted by atomic mass is 9.89. The summed E-state index contributed by atoms with van der Waals surface area (Å²) < 4.78 is 33.2. The van der Waals surface area contributed by atoms with Crippen LogP contribution in [0.3, 0.4) is 0 Å². The molecule has 6 nitrogen and oxygen atoms in total. The minimum absolute atomic E-state index is 0.00417. The number of piperidine rings is 1. The van der Waals surface area contributed by atoms with Gasteiger partial charge >= 0.3 is 6.61 Å². The van der Waals surface area contributed by atoms with E-state index in [1.54, 1.807) is 30.7 Å². The van der Waals surface area contributed by atoms with Gasteiger partial charge in [0.25, 0.3) is 0 Å². The van der Waals surface area contributed by atoms with Crippen molar-refractivity contribution in [3.63, 3.8) is 0 Å². The number of imidazole rings is 1. The third-order valence-corrected chi connectivity index (χ3v) is 7.53. The number of hydrogen-bond donors (Lipinski definition) is 1. The summed E-state index contributed by atoms with van der Waals surface area (Å²) in [6.45, 7) is -0.0802. The number of aryl methyl sites for hydroxylation is 1. The van der Waals surface area contributed by atoms with Crippen molar-refractivity contribution in [3.05, 3.63) is 41.2 Å². The van der Waals surface area contributed by atoms with Crippen LogP contribution in [0.1, 0.15) is 42.2 Å². The van der Waals surface area contributed by atoms with Crippen molar-refractivity contribution < 1.29 is 13.5 Å². The van der Waals surface area contributed by atoms with E-state index in [-0.39, 0.29) is 11.4 Å². The van der Waals surface area contributed by atoms with Crippen LogP contribution in [0.25, 0.3) is 27.1 Å². The van der Waals surface area contributed by atoms with Crippen LogP contribution < -0.4 is 10.1 Å². The molecule has 9 heteroatoms. The smallest absolute Gasteiger partial charge is 0.387 e. The number of ether oxygens (including phenoxy) is 1. The lowest BCUT2D eigenvalue weighted by Gasteiger charge is -2.29. The number of fused-ring (bicyclic) bond motifs is 2. The average molecular weight is 442 g/mol. The number of halogens is 2. The fourth-order valence-electron chi connectivity index (χ4n) is 4.60. The predicted octanol–water partition coefficient (Wildman–Crippen LogP) is 4.92. The molecular weight excluding hydrogens is 420 g/mol. The first kappa shape index (κ1) is 19.1. The largest absolute Gasteiger partial charge is 0.431 e. The lowest BCUT2D eigenvalue weighted by Crippen LogP contribution is -2.39. The first-order valence-corrected chi connectivity index (χ1v) is 11.3. The summed E-state index contributed by atoms with van der Waals surface area (Å²) in [4.78, 5) is 10.3. The van der Waals surface area contributed by atoms with Gasteiger partial charge in [0, 0.05) is 28.2 Å². The Kier molecular flexibility index (Phi) is 4.26. The fourth-order valence-corrected chi connectivity index (χ4v) is 5.79. The molecule has 0 bridgehead atoms. The summed E-state index contributed by atoms with van der Waals surface area (Å²) in [5.74, 6) is 0.574. The van der Waals surface area contributed by atoms with E-state index in [9.17, 15) is 8.78 Å². The van der Waals surface area contributed by atoms with Crippen molar-refractivity contribution in [2.45, 2.75) is 50.7 Å². The summed E-state index contributed by atoms with van der Waals surface area (Å²) in [7, 11) is 0. The number of aromatic nitrogens is 4. The second-order valence-electron chi connectivity index (χ2n) is 8.58. The molecule has 5 heterocycles. The number of hydrogen-bond acceptors (Lipinski definition) is 6. The molecule has 6 rings (SSSR count). The third kappa shape index (κ3) is 3.45. The molecule has 1 unspecified atom stereocenters. The van der Waals surface area contributed by atoms with Gasteiger partial charge in [-0.1, -0.05) is 0 Å². The Balaban J connectivity index is 1.38. The molecule has 1 saturated carbocycles. The molecule has 160 valence electrons. The number of alkyl halides is 2. The lowest BCUT2D eigenvalue weighted by molar-refractivity contribution is -0.0491. The van der Waals surface area contributed by atoms with Crippen molar-refractivity contribution in [1.29, 1.82) is 0 Å². The number of pyridine rings is 1. The Morgan fingerprint density at radius 2 is 2.16 bits per heavy atom. The van der Waals surface area contributed by atoms with Crippen molar-refractivity contribution in [2.75, 3.05) is 6.54 Å². The van der Waals surface area contributed by atoms with Crippen LogP contribution in [0, 0.1) is 6.92 Å². The van der Waals surface area contributed by atoms with E-state index >= 15 is 0 Å². The highest BCUT2D eigenvalue weighted by molar-refractivity contribution is 7.19. The maximum atomic E-state index is 12.9. The minimum Gasteiger partial charge on any atom is -0.431 e. The summed E-state index contributed by atoms with van der Waals surface area (Å²) in [5, 5.41) is 8.23. The Bertz CT molecular complexity index is 1300. The van der Waals surface area contributed by atoms with Crippen LogP contribution in [-0.2, 0) is 0 Å². The van der Waals surface area contributed by atoms with Gasteiger partial charge in [0.1, 0.15) is 0 Å². The van der Waals surface area contributed by atoms with Gasteiger partial charge in [0.2, 0.25) is 0 Å². The highest BCUT2D eigenvalue weighted by Crippen LogP contribution is 2.48. The molecule has 0 aromatic carbocycles. The van der Waals surface area contributed by atoms with Crippen molar-refractivity contribution in [3.8, 4) is 17.0 Å². The summed E-state index contributed by atoms with van der Waals surface area (Å²) in [5.41, 5.74) is 3.57. The highest BCUT2D eigenvalue weighted by atomic mass is 32.1. The molecule has 31 heavy (non-hydrogen) atoms. The number of rotatable bonds is 4. The molecule has 1 aliphatic carbocycles. The Morgan fingerprint density at radius 3 is 2.97 bits per heavy atom. The number of nitrogens with one attached hydrogen (secondary N) is 1. The van der Waals surface area contributed by atoms with Gasteiger partial charge in [-0.15, -0.1) is 11.3 Å². The fraction of sp³-hybridized carbons (Fsp3) is 0.409. The zero-order valence-corrected chi connectivity index (χ0v) is 17.8. The molecule has 4 aromatic rings. The SMILES string of the molecule is Cc1cn2nc(-c3cnc4cc(C5CCNC6(CC6)C5)sc4c3)cc(OC(F)F)c2n1. The first-order valence-electron chi connectivity index (χ1n) is 10.4. The summed E-state index contributed by atoms with van der Waals surface area (Å²) >= 11 is 1.78. The molecule has 4 aromatic heterocycles. The molecular formula is C22H21F2N5OS. The Morgan fingerprint density at radius 1 is 1.29 bits per heavy atom. The summed E-state index contributed by atoms with van der Waals surface area (Å²) in [6, 6.07) is 5.75. The van der Waals surface area contributed by atoms with E-state index in [0.29, 0.717) is 22.8 Å². The normalized spacial score (nSPS) is 20.2. The van der Waals surface area contributed by atoms with E-state index < -0.39 is 6.61 Å². The second kappa shape index (κ2) is 6.93. The zero-order valence-electron chi connectivity index (χ0n) is 16.9. The first-order chi connectivity index (χ1) is 15.0. The molecule has 1 atom stereocenters. The molecule has 1 N–H and O–H groups in total. The standard InChI is InChI=1S/C22H21F2N5OS/c1-12-11-29-20(27-12)17(30-21(23)24)7-15(28-29)14-6-19-16(25-10-14)8-18(31-19)13-2-5-26-22(9-13)3-4-22/h6-8,10-11,13,21,26H,2-5,9H2,1H3. The van der Waals surface area contributed by atoms with Crippen LogP contribution >= 0.6 is 11.3 Å². The maximum Gasteiger partial charge on any atom is 0.387 e. The molecule has 0 amide bonds. The summed E-state index contributed by atoms with van der Waals surface area (Å²) in [6.07, 6.45) is 8.33. The van der Waals surface area contributed by atoms with E-state index in [2.05, 4.69) is 26.4 Å². The van der Waals surface area contributed by atoms with E-state index in [1.807, 2.05) is 6.07 Å². The predicted molar refractivity (Wildman–Crippen MR) is 115 cm³/mol. The molecule has 2 fully saturated rings. The topological polar surface area (TPSA) is 64.3 Å². The van der Waals surface area contributed by atoms with Gasteiger partial charge in [0.15, 0.2) is 11.4 Å². The Hall–Kier alpha value is -2.65. The highest BCUT2D eigenvalue weighted by Gasteiger charge is 2.46. The molecule has 2 aliphatic rings. The van der Waals surface area contributed by atoms with Crippen molar-refractivity contribution >= 4 is 27.2 Å². The zero-order chi connectivity index (χ0) is 21.2. The maximum absolute atomic E-state index is 12.9. The second-order valence-corrected chi connectivity index (χ2v) is 9.69. The van der Waals surface area contributed by atoms with Gasteiger partial charge < -0.3 is 10.1 Å². The molecule has 1 aliphatic heterocycles. The van der Waals surface area contributed by atoms with Crippen LogP contribution in [-0.4, -0.2) is 38.3 Å². The van der Waals surface area contributed by atoms with Crippen molar-refractivity contribution in [2.24, 2.45) is 0 Å². The minimum atomic E-state index is -2.93. The molecule has 1 spiro atoms. The van der Waals surface area contributed by atoms with Crippen LogP contribution in [0.5, 0.6) is 5.75 Å². The van der Waals surface area contributed by atoms with Gasteiger partial charge in [-0.3, -0.25) is 4.98 Å². The average Bonchev–Trinajstić information content (AvgIpc) is 3.17. The Labute approximate surface area is 181 Å². The van der Waals surface area contributed by atoms with E-state index in [4.69, 9.17) is 4.74 Å². The van der Waals surface area contributed by atoms with Gasteiger partial charge in [-0.05, 0) is 57.2 Å². The van der Waals surface area contributed by atoms with Crippen LogP contribution in [0.4, 0.5) is 8.78 Å². The van der Waals surface area contributed by atoms with Gasteiger partial charge in [0.05, 0.1) is 27.8 Å². The van der Waals surface area contributed by atoms with Crippen molar-refractivity contribution in [1.82, 2.24) is 24.9 Å². The molecule has 1 saturated heterocycles. The quantitative estimate of drug-likeness (QED) is 0.487. The number of thiophene rings is 1. The third-order valence-electron chi connectivity index (χ3n) is 6.30. The van der Waals surface area contributed by atoms with Gasteiger partial charge in [-0.25, -0.2) is 9.50 Å². The number of nitrogens with zero attached hydrogens (tertiary/aromatic N) is 4. The van der Waals surface area contributed by atoms with Crippen LogP contribution in [0.15, 0.2) is 30.6 Å². The van der Waals surface area contributed by atoms with E-state index in [1.165, 1.54) is 34.7 Å². The van der Waals surface area contributed by atoms with Gasteiger partial charge in [-0.2, -0.15) is 13.9 Å². The molecule has 0 radical (unpaired) electrons.